The Kier molecular flexibility index (Phi) is 4.79. The third kappa shape index (κ3) is 3.20. The summed E-state index contributed by atoms with van der Waals surface area (Å²) in [5.41, 5.74) is 0. The molecular formula is C12H21N3O4S. The number of aryl methyl sites for hydroxylation is 2. The molecule has 114 valence electrons. The van der Waals surface area contributed by atoms with Crippen molar-refractivity contribution in [3.63, 3.8) is 0 Å². The lowest BCUT2D eigenvalue weighted by molar-refractivity contribution is 0.00316. The monoisotopic (exact) mass is 303 g/mol. The van der Waals surface area contributed by atoms with Gasteiger partial charge in [-0.3, -0.25) is 0 Å². The van der Waals surface area contributed by atoms with Crippen molar-refractivity contribution in [1.82, 2.24) is 13.9 Å². The number of nitrogens with zero attached hydrogens (tertiary/aromatic N) is 3. The van der Waals surface area contributed by atoms with Gasteiger partial charge in [-0.05, 0) is 19.8 Å². The van der Waals surface area contributed by atoms with E-state index in [2.05, 4.69) is 4.98 Å². The summed E-state index contributed by atoms with van der Waals surface area (Å²) in [6.45, 7) is 2.92. The van der Waals surface area contributed by atoms with Crippen LogP contribution in [0.3, 0.4) is 0 Å². The van der Waals surface area contributed by atoms with E-state index in [1.165, 1.54) is 4.31 Å². The number of ether oxygens (including phenoxy) is 1. The Morgan fingerprint density at radius 1 is 1.45 bits per heavy atom. The Labute approximate surface area is 119 Å². The zero-order valence-corrected chi connectivity index (χ0v) is 12.6. The van der Waals surface area contributed by atoms with E-state index >= 15 is 0 Å². The number of aliphatic hydroxyl groups excluding tert-OH is 1. The third-order valence-corrected chi connectivity index (χ3v) is 5.31. The first-order valence-electron chi connectivity index (χ1n) is 6.67. The fraction of sp³-hybridized carbons (Fsp3) is 0.750. The molecule has 1 aliphatic rings. The molecule has 0 amide bonds. The van der Waals surface area contributed by atoms with Gasteiger partial charge < -0.3 is 14.4 Å². The van der Waals surface area contributed by atoms with Crippen LogP contribution in [0.5, 0.6) is 0 Å². The fourth-order valence-electron chi connectivity index (χ4n) is 2.24. The first kappa shape index (κ1) is 15.4. The van der Waals surface area contributed by atoms with E-state index in [-0.39, 0.29) is 17.7 Å². The Morgan fingerprint density at radius 2 is 2.10 bits per heavy atom. The van der Waals surface area contributed by atoms with Crippen molar-refractivity contribution in [3.05, 3.63) is 12.0 Å². The van der Waals surface area contributed by atoms with Crippen molar-refractivity contribution in [2.75, 3.05) is 26.3 Å². The van der Waals surface area contributed by atoms with Crippen molar-refractivity contribution in [3.8, 4) is 0 Å². The molecule has 2 heterocycles. The predicted molar refractivity (Wildman–Crippen MR) is 72.8 cm³/mol. The molecule has 1 aromatic heterocycles. The van der Waals surface area contributed by atoms with Gasteiger partial charge in [0.05, 0.1) is 19.3 Å². The molecule has 7 nitrogen and oxygen atoms in total. The number of aliphatic hydroxyl groups is 1. The van der Waals surface area contributed by atoms with Gasteiger partial charge in [0, 0.05) is 26.3 Å². The lowest BCUT2D eigenvalue weighted by Gasteiger charge is -2.30. The highest BCUT2D eigenvalue weighted by molar-refractivity contribution is 7.89. The number of sulfonamides is 1. The second-order valence-corrected chi connectivity index (χ2v) is 6.82. The summed E-state index contributed by atoms with van der Waals surface area (Å²) in [7, 11) is -1.74. The summed E-state index contributed by atoms with van der Waals surface area (Å²) in [4.78, 5) is 4.09. The molecule has 8 heteroatoms. The van der Waals surface area contributed by atoms with E-state index in [4.69, 9.17) is 9.84 Å². The molecule has 2 rings (SSSR count). The van der Waals surface area contributed by atoms with Gasteiger partial charge in [-0.2, -0.15) is 4.31 Å². The molecule has 0 bridgehead atoms. The van der Waals surface area contributed by atoms with E-state index in [0.717, 1.165) is 0 Å². The number of piperidine rings is 1. The van der Waals surface area contributed by atoms with Crippen LogP contribution in [-0.4, -0.2) is 59.8 Å². The minimum Gasteiger partial charge on any atom is -0.394 e. The summed E-state index contributed by atoms with van der Waals surface area (Å²) >= 11 is 0. The van der Waals surface area contributed by atoms with Crippen LogP contribution in [0.2, 0.25) is 0 Å². The van der Waals surface area contributed by atoms with E-state index < -0.39 is 10.0 Å². The molecule has 20 heavy (non-hydrogen) atoms. The lowest BCUT2D eigenvalue weighted by Crippen LogP contribution is -2.41. The van der Waals surface area contributed by atoms with E-state index in [1.54, 1.807) is 24.7 Å². The van der Waals surface area contributed by atoms with Gasteiger partial charge in [-0.25, -0.2) is 13.4 Å². The Balaban J connectivity index is 2.02. The van der Waals surface area contributed by atoms with Crippen molar-refractivity contribution in [2.45, 2.75) is 30.9 Å². The highest BCUT2D eigenvalue weighted by atomic mass is 32.2. The molecule has 1 aliphatic heterocycles. The molecule has 1 aromatic rings. The normalized spacial score (nSPS) is 18.6. The van der Waals surface area contributed by atoms with Gasteiger partial charge in [0.2, 0.25) is 0 Å². The predicted octanol–water partition coefficient (Wildman–Crippen LogP) is -0.109. The van der Waals surface area contributed by atoms with Crippen molar-refractivity contribution in [2.24, 2.45) is 7.05 Å². The molecule has 0 atom stereocenters. The smallest absolute Gasteiger partial charge is 0.262 e. The van der Waals surface area contributed by atoms with Crippen molar-refractivity contribution in [1.29, 1.82) is 0 Å². The summed E-state index contributed by atoms with van der Waals surface area (Å²) in [5, 5.41) is 8.82. The standard InChI is InChI=1S/C12H21N3O4S/c1-10-13-12(9-14(10)2)20(17,18)15-5-3-11(4-6-15)19-8-7-16/h9,11,16H,3-8H2,1-2H3. The first-order chi connectivity index (χ1) is 9.45. The van der Waals surface area contributed by atoms with Gasteiger partial charge in [0.1, 0.15) is 5.82 Å². The Hall–Kier alpha value is -0.960. The zero-order chi connectivity index (χ0) is 14.8. The lowest BCUT2D eigenvalue weighted by atomic mass is 10.1. The van der Waals surface area contributed by atoms with Crippen LogP contribution in [0.1, 0.15) is 18.7 Å². The average Bonchev–Trinajstić information content (AvgIpc) is 2.77. The first-order valence-corrected chi connectivity index (χ1v) is 8.11. The van der Waals surface area contributed by atoms with Crippen LogP contribution in [0.4, 0.5) is 0 Å². The van der Waals surface area contributed by atoms with Crippen LogP contribution in [0, 0.1) is 6.92 Å². The highest BCUT2D eigenvalue weighted by Gasteiger charge is 2.31. The van der Waals surface area contributed by atoms with Gasteiger partial charge in [-0.15, -0.1) is 0 Å². The van der Waals surface area contributed by atoms with Gasteiger partial charge in [-0.1, -0.05) is 0 Å². The molecule has 1 saturated heterocycles. The van der Waals surface area contributed by atoms with Crippen LogP contribution in [0.15, 0.2) is 11.2 Å². The maximum Gasteiger partial charge on any atom is 0.262 e. The number of hydrogen-bond donors (Lipinski definition) is 1. The maximum absolute atomic E-state index is 12.4. The van der Waals surface area contributed by atoms with E-state index in [9.17, 15) is 8.42 Å². The summed E-state index contributed by atoms with van der Waals surface area (Å²) in [6.07, 6.45) is 2.86. The Morgan fingerprint density at radius 3 is 2.60 bits per heavy atom. The quantitative estimate of drug-likeness (QED) is 0.820. The second kappa shape index (κ2) is 6.21. The third-order valence-electron chi connectivity index (χ3n) is 3.54. The molecule has 0 radical (unpaired) electrons. The average molecular weight is 303 g/mol. The number of aromatic nitrogens is 2. The SMILES string of the molecule is Cc1nc(S(=O)(=O)N2CCC(OCCO)CC2)cn1C. The fourth-order valence-corrected chi connectivity index (χ4v) is 3.74. The maximum atomic E-state index is 12.4. The number of rotatable bonds is 5. The van der Waals surface area contributed by atoms with Gasteiger partial charge >= 0.3 is 0 Å². The molecular weight excluding hydrogens is 282 g/mol. The molecule has 0 saturated carbocycles. The summed E-state index contributed by atoms with van der Waals surface area (Å²) in [6, 6.07) is 0. The zero-order valence-electron chi connectivity index (χ0n) is 11.8. The molecule has 0 aromatic carbocycles. The largest absolute Gasteiger partial charge is 0.394 e. The molecule has 1 N–H and O–H groups in total. The van der Waals surface area contributed by atoms with Crippen LogP contribution in [-0.2, 0) is 21.8 Å². The minimum atomic E-state index is -3.51. The van der Waals surface area contributed by atoms with Crippen LogP contribution < -0.4 is 0 Å². The van der Waals surface area contributed by atoms with Gasteiger partial charge in [0.15, 0.2) is 5.03 Å². The van der Waals surface area contributed by atoms with E-state index in [1.807, 2.05) is 0 Å². The summed E-state index contributed by atoms with van der Waals surface area (Å²) < 4.78 is 33.5. The summed E-state index contributed by atoms with van der Waals surface area (Å²) in [5.74, 6) is 0.671. The highest BCUT2D eigenvalue weighted by Crippen LogP contribution is 2.21. The van der Waals surface area contributed by atoms with Crippen LogP contribution in [0.25, 0.3) is 0 Å². The Bertz CT molecular complexity index is 528. The number of hydrogen-bond acceptors (Lipinski definition) is 5. The van der Waals surface area contributed by atoms with Gasteiger partial charge in [0.25, 0.3) is 10.0 Å². The number of imidazole rings is 1. The topological polar surface area (TPSA) is 84.7 Å². The molecule has 0 aliphatic carbocycles. The molecule has 1 fully saturated rings. The van der Waals surface area contributed by atoms with Crippen molar-refractivity contribution >= 4 is 10.0 Å². The molecule has 0 unspecified atom stereocenters. The second-order valence-electron chi connectivity index (χ2n) is 4.94. The van der Waals surface area contributed by atoms with Crippen molar-refractivity contribution < 1.29 is 18.3 Å². The minimum absolute atomic E-state index is 0.00821. The van der Waals surface area contributed by atoms with Crippen LogP contribution >= 0.6 is 0 Å². The van der Waals surface area contributed by atoms with E-state index in [0.29, 0.717) is 38.4 Å². The molecule has 0 spiro atoms.